The van der Waals surface area contributed by atoms with E-state index in [2.05, 4.69) is 5.32 Å². The van der Waals surface area contributed by atoms with E-state index in [1.165, 1.54) is 0 Å². The zero-order chi connectivity index (χ0) is 15.2. The number of hydrogen-bond acceptors (Lipinski definition) is 3. The Labute approximate surface area is 130 Å². The van der Waals surface area contributed by atoms with Gasteiger partial charge in [-0.25, -0.2) is 0 Å². The number of nitrogens with one attached hydrogen (secondary N) is 1. The molecule has 0 bridgehead atoms. The van der Waals surface area contributed by atoms with Crippen LogP contribution >= 0.6 is 11.6 Å². The van der Waals surface area contributed by atoms with Crippen LogP contribution in [0, 0.1) is 0 Å². The molecule has 0 spiro atoms. The van der Waals surface area contributed by atoms with Crippen LogP contribution in [0.25, 0.3) is 0 Å². The van der Waals surface area contributed by atoms with Crippen LogP contribution in [-0.2, 0) is 6.54 Å². The van der Waals surface area contributed by atoms with E-state index in [-0.39, 0.29) is 6.10 Å². The Morgan fingerprint density at radius 3 is 2.48 bits per heavy atom. The van der Waals surface area contributed by atoms with Crippen molar-refractivity contribution in [1.82, 2.24) is 0 Å². The van der Waals surface area contributed by atoms with E-state index in [1.807, 2.05) is 56.3 Å². The first-order valence-electron chi connectivity index (χ1n) is 6.92. The summed E-state index contributed by atoms with van der Waals surface area (Å²) in [4.78, 5) is 0. The van der Waals surface area contributed by atoms with Gasteiger partial charge in [0.25, 0.3) is 0 Å². The topological polar surface area (TPSA) is 30.5 Å². The third-order valence-corrected chi connectivity index (χ3v) is 3.36. The van der Waals surface area contributed by atoms with Crippen LogP contribution in [0.5, 0.6) is 11.5 Å². The molecule has 0 unspecified atom stereocenters. The van der Waals surface area contributed by atoms with Gasteiger partial charge in [-0.1, -0.05) is 29.8 Å². The average Bonchev–Trinajstić information content (AvgIpc) is 2.46. The van der Waals surface area contributed by atoms with Crippen molar-refractivity contribution in [2.45, 2.75) is 26.5 Å². The summed E-state index contributed by atoms with van der Waals surface area (Å²) in [5.41, 5.74) is 1.87. The predicted octanol–water partition coefficient (Wildman–Crippen LogP) is 4.75. The molecule has 0 aliphatic carbocycles. The van der Waals surface area contributed by atoms with Crippen molar-refractivity contribution < 1.29 is 9.47 Å². The number of methoxy groups -OCH3 is 1. The van der Waals surface area contributed by atoms with E-state index in [0.29, 0.717) is 11.6 Å². The Morgan fingerprint density at radius 2 is 1.76 bits per heavy atom. The fourth-order valence-corrected chi connectivity index (χ4v) is 2.29. The van der Waals surface area contributed by atoms with E-state index in [4.69, 9.17) is 21.1 Å². The highest BCUT2D eigenvalue weighted by Gasteiger charge is 2.09. The predicted molar refractivity (Wildman–Crippen MR) is 87.5 cm³/mol. The lowest BCUT2D eigenvalue weighted by Crippen LogP contribution is -2.09. The molecule has 2 aromatic carbocycles. The first-order chi connectivity index (χ1) is 10.1. The molecule has 0 amide bonds. The molecule has 21 heavy (non-hydrogen) atoms. The minimum atomic E-state index is 0.128. The maximum atomic E-state index is 6.25. The minimum Gasteiger partial charge on any atom is -0.496 e. The molecule has 0 aliphatic rings. The Bertz CT molecular complexity index is 599. The van der Waals surface area contributed by atoms with E-state index >= 15 is 0 Å². The molecule has 2 aromatic rings. The maximum absolute atomic E-state index is 6.25. The van der Waals surface area contributed by atoms with Crippen molar-refractivity contribution in [2.75, 3.05) is 12.4 Å². The van der Waals surface area contributed by atoms with Gasteiger partial charge in [0.05, 0.1) is 18.9 Å². The molecule has 2 rings (SSSR count). The largest absolute Gasteiger partial charge is 0.496 e. The molecule has 0 aliphatic heterocycles. The van der Waals surface area contributed by atoms with Gasteiger partial charge < -0.3 is 14.8 Å². The van der Waals surface area contributed by atoms with Crippen LogP contribution < -0.4 is 14.8 Å². The SMILES string of the molecule is COc1cccc(Cl)c1CNc1ccccc1OC(C)C. The summed E-state index contributed by atoms with van der Waals surface area (Å²) >= 11 is 6.25. The standard InChI is InChI=1S/C17H20ClNO2/c1-12(2)21-17-9-5-4-8-15(17)19-11-13-14(18)7-6-10-16(13)20-3/h4-10,12,19H,11H2,1-3H3. The van der Waals surface area contributed by atoms with Crippen LogP contribution in [0.3, 0.4) is 0 Å². The monoisotopic (exact) mass is 305 g/mol. The summed E-state index contributed by atoms with van der Waals surface area (Å²) in [6.07, 6.45) is 0.128. The van der Waals surface area contributed by atoms with Gasteiger partial charge in [0.2, 0.25) is 0 Å². The molecule has 4 heteroatoms. The van der Waals surface area contributed by atoms with Crippen LogP contribution in [0.1, 0.15) is 19.4 Å². The second-order valence-corrected chi connectivity index (χ2v) is 5.34. The van der Waals surface area contributed by atoms with Crippen LogP contribution in [0.4, 0.5) is 5.69 Å². The average molecular weight is 306 g/mol. The molecule has 0 heterocycles. The second-order valence-electron chi connectivity index (χ2n) is 4.94. The zero-order valence-electron chi connectivity index (χ0n) is 12.5. The van der Waals surface area contributed by atoms with Gasteiger partial charge in [-0.3, -0.25) is 0 Å². The lowest BCUT2D eigenvalue weighted by Gasteiger charge is -2.17. The van der Waals surface area contributed by atoms with E-state index in [1.54, 1.807) is 7.11 Å². The van der Waals surface area contributed by atoms with Gasteiger partial charge in [0, 0.05) is 17.1 Å². The highest BCUT2D eigenvalue weighted by Crippen LogP contribution is 2.30. The van der Waals surface area contributed by atoms with Crippen LogP contribution in [-0.4, -0.2) is 13.2 Å². The maximum Gasteiger partial charge on any atom is 0.142 e. The molecule has 3 nitrogen and oxygen atoms in total. The van der Waals surface area contributed by atoms with E-state index < -0.39 is 0 Å². The molecule has 0 saturated carbocycles. The number of anilines is 1. The molecule has 0 saturated heterocycles. The Kier molecular flexibility index (Phi) is 5.34. The molecule has 0 fully saturated rings. The quantitative estimate of drug-likeness (QED) is 0.835. The van der Waals surface area contributed by atoms with Crippen molar-refractivity contribution in [1.29, 1.82) is 0 Å². The van der Waals surface area contributed by atoms with Crippen molar-refractivity contribution in [3.8, 4) is 11.5 Å². The highest BCUT2D eigenvalue weighted by molar-refractivity contribution is 6.31. The number of benzene rings is 2. The first kappa shape index (κ1) is 15.5. The smallest absolute Gasteiger partial charge is 0.142 e. The summed E-state index contributed by atoms with van der Waals surface area (Å²) < 4.78 is 11.1. The van der Waals surface area contributed by atoms with Crippen molar-refractivity contribution >= 4 is 17.3 Å². The van der Waals surface area contributed by atoms with Gasteiger partial charge in [-0.2, -0.15) is 0 Å². The normalized spacial score (nSPS) is 10.5. The minimum absolute atomic E-state index is 0.128. The lowest BCUT2D eigenvalue weighted by molar-refractivity contribution is 0.243. The first-order valence-corrected chi connectivity index (χ1v) is 7.30. The van der Waals surface area contributed by atoms with Gasteiger partial charge in [0.1, 0.15) is 11.5 Å². The number of para-hydroxylation sites is 2. The molecule has 1 N–H and O–H groups in total. The van der Waals surface area contributed by atoms with E-state index in [0.717, 1.165) is 22.7 Å². The summed E-state index contributed by atoms with van der Waals surface area (Å²) in [5.74, 6) is 1.61. The molecule has 0 radical (unpaired) electrons. The van der Waals surface area contributed by atoms with Crippen LogP contribution in [0.15, 0.2) is 42.5 Å². The summed E-state index contributed by atoms with van der Waals surface area (Å²) in [7, 11) is 1.64. The van der Waals surface area contributed by atoms with E-state index in [9.17, 15) is 0 Å². The summed E-state index contributed by atoms with van der Waals surface area (Å²) in [5, 5.41) is 4.05. The Hall–Kier alpha value is -1.87. The Morgan fingerprint density at radius 1 is 1.05 bits per heavy atom. The lowest BCUT2D eigenvalue weighted by atomic mass is 10.2. The summed E-state index contributed by atoms with van der Waals surface area (Å²) in [6, 6.07) is 13.5. The second kappa shape index (κ2) is 7.23. The zero-order valence-corrected chi connectivity index (χ0v) is 13.3. The van der Waals surface area contributed by atoms with Crippen molar-refractivity contribution in [2.24, 2.45) is 0 Å². The third kappa shape index (κ3) is 4.05. The molecule has 0 aromatic heterocycles. The fourth-order valence-electron chi connectivity index (χ4n) is 2.05. The van der Waals surface area contributed by atoms with Gasteiger partial charge in [0.15, 0.2) is 0 Å². The van der Waals surface area contributed by atoms with Gasteiger partial charge >= 0.3 is 0 Å². The third-order valence-electron chi connectivity index (χ3n) is 3.00. The fraction of sp³-hybridized carbons (Fsp3) is 0.294. The van der Waals surface area contributed by atoms with Crippen LogP contribution in [0.2, 0.25) is 5.02 Å². The van der Waals surface area contributed by atoms with Gasteiger partial charge in [-0.15, -0.1) is 0 Å². The molecule has 112 valence electrons. The molecule has 0 atom stereocenters. The molecular formula is C17H20ClNO2. The van der Waals surface area contributed by atoms with Crippen molar-refractivity contribution in [3.63, 3.8) is 0 Å². The van der Waals surface area contributed by atoms with Gasteiger partial charge in [-0.05, 0) is 38.1 Å². The Balaban J connectivity index is 2.17. The summed E-state index contributed by atoms with van der Waals surface area (Å²) in [6.45, 7) is 4.59. The highest BCUT2D eigenvalue weighted by atomic mass is 35.5. The molecular weight excluding hydrogens is 286 g/mol. The number of rotatable bonds is 6. The number of halogens is 1. The van der Waals surface area contributed by atoms with Crippen molar-refractivity contribution in [3.05, 3.63) is 53.1 Å². The number of hydrogen-bond donors (Lipinski definition) is 1. The number of ether oxygens (including phenoxy) is 2.